The van der Waals surface area contributed by atoms with Crippen LogP contribution in [-0.4, -0.2) is 0 Å². The second-order valence-corrected chi connectivity index (χ2v) is 5.33. The maximum Gasteiger partial charge on any atom is 0.142 e. The van der Waals surface area contributed by atoms with Gasteiger partial charge in [-0.2, -0.15) is 0 Å². The van der Waals surface area contributed by atoms with Gasteiger partial charge in [0.2, 0.25) is 0 Å². The lowest BCUT2D eigenvalue weighted by atomic mass is 10.1. The molecule has 2 nitrogen and oxygen atoms in total. The zero-order valence-corrected chi connectivity index (χ0v) is 12.4. The van der Waals surface area contributed by atoms with Gasteiger partial charge < -0.3 is 10.5 Å². The highest BCUT2D eigenvalue weighted by molar-refractivity contribution is 6.32. The molecule has 0 saturated carbocycles. The molecule has 2 N–H and O–H groups in total. The fourth-order valence-electron chi connectivity index (χ4n) is 1.71. The van der Waals surface area contributed by atoms with Gasteiger partial charge >= 0.3 is 0 Å². The minimum absolute atomic E-state index is 0.0908. The van der Waals surface area contributed by atoms with E-state index in [9.17, 15) is 4.39 Å². The molecule has 0 aromatic heterocycles. The molecule has 0 aliphatic rings. The highest BCUT2D eigenvalue weighted by Gasteiger charge is 2.07. The minimum Gasteiger partial charge on any atom is -0.487 e. The Hall–Kier alpha value is -1.29. The van der Waals surface area contributed by atoms with E-state index in [-0.39, 0.29) is 17.7 Å². The Labute approximate surface area is 127 Å². The van der Waals surface area contributed by atoms with Crippen molar-refractivity contribution in [2.24, 2.45) is 5.73 Å². The second kappa shape index (κ2) is 6.44. The summed E-state index contributed by atoms with van der Waals surface area (Å²) in [6, 6.07) is 9.83. The Balaban J connectivity index is 2.09. The van der Waals surface area contributed by atoms with Crippen LogP contribution in [0.5, 0.6) is 5.75 Å². The lowest BCUT2D eigenvalue weighted by Crippen LogP contribution is -2.05. The number of hydrogen-bond acceptors (Lipinski definition) is 2. The van der Waals surface area contributed by atoms with Gasteiger partial charge in [-0.1, -0.05) is 35.3 Å². The number of hydrogen-bond donors (Lipinski definition) is 1. The highest BCUT2D eigenvalue weighted by atomic mass is 35.5. The van der Waals surface area contributed by atoms with E-state index in [0.29, 0.717) is 16.3 Å². The Morgan fingerprint density at radius 1 is 1.15 bits per heavy atom. The van der Waals surface area contributed by atoms with Gasteiger partial charge in [0.15, 0.2) is 0 Å². The van der Waals surface area contributed by atoms with E-state index in [0.717, 1.165) is 5.56 Å². The molecule has 0 unspecified atom stereocenters. The summed E-state index contributed by atoms with van der Waals surface area (Å²) in [5, 5.41) is 0.572. The quantitative estimate of drug-likeness (QED) is 0.885. The predicted molar refractivity (Wildman–Crippen MR) is 79.8 cm³/mol. The van der Waals surface area contributed by atoms with Gasteiger partial charge in [-0.25, -0.2) is 4.39 Å². The van der Waals surface area contributed by atoms with Crippen molar-refractivity contribution in [3.05, 3.63) is 63.4 Å². The van der Waals surface area contributed by atoms with E-state index in [4.69, 9.17) is 33.7 Å². The Kier molecular flexibility index (Phi) is 4.86. The molecule has 0 amide bonds. The van der Waals surface area contributed by atoms with E-state index < -0.39 is 5.82 Å². The first-order chi connectivity index (χ1) is 9.47. The van der Waals surface area contributed by atoms with Crippen molar-refractivity contribution in [2.75, 3.05) is 0 Å². The number of benzene rings is 2. The second-order valence-electron chi connectivity index (χ2n) is 4.52. The van der Waals surface area contributed by atoms with Gasteiger partial charge in [0.25, 0.3) is 0 Å². The molecule has 106 valence electrons. The third kappa shape index (κ3) is 3.63. The molecule has 2 aromatic carbocycles. The third-order valence-corrected chi connectivity index (χ3v) is 3.46. The van der Waals surface area contributed by atoms with Crippen LogP contribution in [0.1, 0.15) is 24.1 Å². The normalized spacial score (nSPS) is 12.2. The van der Waals surface area contributed by atoms with Crippen LogP contribution in [-0.2, 0) is 6.61 Å². The molecule has 2 rings (SSSR count). The summed E-state index contributed by atoms with van der Waals surface area (Å²) < 4.78 is 18.9. The van der Waals surface area contributed by atoms with Crippen molar-refractivity contribution in [2.45, 2.75) is 19.6 Å². The van der Waals surface area contributed by atoms with Crippen LogP contribution in [0, 0.1) is 5.82 Å². The number of ether oxygens (including phenoxy) is 1. The van der Waals surface area contributed by atoms with Crippen molar-refractivity contribution < 1.29 is 9.13 Å². The summed E-state index contributed by atoms with van der Waals surface area (Å²) >= 11 is 11.7. The monoisotopic (exact) mass is 313 g/mol. The van der Waals surface area contributed by atoms with Gasteiger partial charge in [-0.3, -0.25) is 0 Å². The fraction of sp³-hybridized carbons (Fsp3) is 0.200. The first kappa shape index (κ1) is 15.1. The SMILES string of the molecule is C[C@H](N)c1ccc(OCc2ccc(Cl)c(F)c2)c(Cl)c1. The van der Waals surface area contributed by atoms with Crippen molar-refractivity contribution in [1.82, 2.24) is 0 Å². The molecule has 0 heterocycles. The molecule has 0 spiro atoms. The summed E-state index contributed by atoms with van der Waals surface area (Å²) in [5.74, 6) is 0.0672. The van der Waals surface area contributed by atoms with E-state index in [1.807, 2.05) is 13.0 Å². The van der Waals surface area contributed by atoms with Crippen LogP contribution >= 0.6 is 23.2 Å². The molecule has 0 fully saturated rings. The van der Waals surface area contributed by atoms with Crippen molar-refractivity contribution in [3.63, 3.8) is 0 Å². The summed E-state index contributed by atoms with van der Waals surface area (Å²) in [5.41, 5.74) is 7.39. The largest absolute Gasteiger partial charge is 0.487 e. The smallest absolute Gasteiger partial charge is 0.142 e. The Morgan fingerprint density at radius 3 is 2.50 bits per heavy atom. The molecule has 20 heavy (non-hydrogen) atoms. The molecule has 0 aliphatic heterocycles. The first-order valence-electron chi connectivity index (χ1n) is 6.09. The number of rotatable bonds is 4. The highest BCUT2D eigenvalue weighted by Crippen LogP contribution is 2.28. The summed E-state index contributed by atoms with van der Waals surface area (Å²) in [6.45, 7) is 2.09. The van der Waals surface area contributed by atoms with E-state index >= 15 is 0 Å². The lowest BCUT2D eigenvalue weighted by Gasteiger charge is -2.11. The molecular formula is C15H14Cl2FNO. The molecule has 1 atom stereocenters. The van der Waals surface area contributed by atoms with Crippen LogP contribution in [0.3, 0.4) is 0 Å². The van der Waals surface area contributed by atoms with E-state index in [2.05, 4.69) is 0 Å². The van der Waals surface area contributed by atoms with Crippen LogP contribution in [0.15, 0.2) is 36.4 Å². The van der Waals surface area contributed by atoms with Crippen LogP contribution in [0.4, 0.5) is 4.39 Å². The summed E-state index contributed by atoms with van der Waals surface area (Å²) in [6.07, 6.45) is 0. The molecule has 0 radical (unpaired) electrons. The Morgan fingerprint density at radius 2 is 1.90 bits per heavy atom. The van der Waals surface area contributed by atoms with Gasteiger partial charge in [0, 0.05) is 6.04 Å². The minimum atomic E-state index is -0.467. The van der Waals surface area contributed by atoms with Gasteiger partial charge in [-0.05, 0) is 42.3 Å². The molecule has 5 heteroatoms. The van der Waals surface area contributed by atoms with Gasteiger partial charge in [0.1, 0.15) is 18.2 Å². The van der Waals surface area contributed by atoms with Gasteiger partial charge in [-0.15, -0.1) is 0 Å². The van der Waals surface area contributed by atoms with Crippen LogP contribution < -0.4 is 10.5 Å². The molecule has 0 aliphatic carbocycles. The van der Waals surface area contributed by atoms with Crippen molar-refractivity contribution in [3.8, 4) is 5.75 Å². The topological polar surface area (TPSA) is 35.2 Å². The maximum atomic E-state index is 13.3. The van der Waals surface area contributed by atoms with Crippen molar-refractivity contribution >= 4 is 23.2 Å². The summed E-state index contributed by atoms with van der Waals surface area (Å²) in [4.78, 5) is 0. The molecule has 0 bridgehead atoms. The van der Waals surface area contributed by atoms with Gasteiger partial charge in [0.05, 0.1) is 10.0 Å². The summed E-state index contributed by atoms with van der Waals surface area (Å²) in [7, 11) is 0. The number of halogens is 3. The molecule has 0 saturated heterocycles. The Bertz CT molecular complexity index is 617. The van der Waals surface area contributed by atoms with E-state index in [1.54, 1.807) is 18.2 Å². The maximum absolute atomic E-state index is 13.3. The van der Waals surface area contributed by atoms with E-state index in [1.165, 1.54) is 12.1 Å². The van der Waals surface area contributed by atoms with Crippen molar-refractivity contribution in [1.29, 1.82) is 0 Å². The number of nitrogens with two attached hydrogens (primary N) is 1. The molecule has 2 aromatic rings. The average molecular weight is 314 g/mol. The standard InChI is InChI=1S/C15H14Cl2FNO/c1-9(19)11-3-5-15(13(17)7-11)20-8-10-2-4-12(16)14(18)6-10/h2-7,9H,8,19H2,1H3/t9-/m0/s1. The van der Waals surface area contributed by atoms with Crippen LogP contribution in [0.2, 0.25) is 10.0 Å². The molecular weight excluding hydrogens is 300 g/mol. The first-order valence-corrected chi connectivity index (χ1v) is 6.84. The third-order valence-electron chi connectivity index (χ3n) is 2.86. The lowest BCUT2D eigenvalue weighted by molar-refractivity contribution is 0.305. The zero-order chi connectivity index (χ0) is 14.7. The van der Waals surface area contributed by atoms with Crippen LogP contribution in [0.25, 0.3) is 0 Å². The zero-order valence-electron chi connectivity index (χ0n) is 10.9. The average Bonchev–Trinajstić information content (AvgIpc) is 2.41. The predicted octanol–water partition coefficient (Wildman–Crippen LogP) is 4.73. The fourth-order valence-corrected chi connectivity index (χ4v) is 2.07.